The molecule has 1 aromatic rings. The second-order valence-electron chi connectivity index (χ2n) is 4.98. The number of nitrogens with one attached hydrogen (secondary N) is 1. The summed E-state index contributed by atoms with van der Waals surface area (Å²) in [5.74, 6) is 0.514. The lowest BCUT2D eigenvalue weighted by Crippen LogP contribution is -2.15. The van der Waals surface area contributed by atoms with Crippen molar-refractivity contribution in [1.29, 1.82) is 0 Å². The number of anilines is 1. The monoisotopic (exact) mass is 316 g/mol. The number of nitrogens with two attached hydrogens (primary N) is 1. The van der Waals surface area contributed by atoms with Crippen LogP contribution in [0.1, 0.15) is 39.0 Å². The zero-order chi connectivity index (χ0) is 15.0. The van der Waals surface area contributed by atoms with Crippen LogP contribution in [0.3, 0.4) is 0 Å². The highest BCUT2D eigenvalue weighted by Gasteiger charge is 2.10. The second kappa shape index (κ2) is 9.22. The fourth-order valence-electron chi connectivity index (χ4n) is 2.26. The van der Waals surface area contributed by atoms with Crippen molar-refractivity contribution in [3.63, 3.8) is 0 Å². The van der Waals surface area contributed by atoms with Crippen LogP contribution in [0.25, 0.3) is 0 Å². The summed E-state index contributed by atoms with van der Waals surface area (Å²) >= 11 is 11.8. The average Bonchev–Trinajstić information content (AvgIpc) is 2.35. The lowest BCUT2D eigenvalue weighted by atomic mass is 9.94. The summed E-state index contributed by atoms with van der Waals surface area (Å²) in [7, 11) is 0. The Morgan fingerprint density at radius 2 is 1.85 bits per heavy atom. The minimum Gasteiger partial charge on any atom is -0.330 e. The van der Waals surface area contributed by atoms with E-state index in [0.29, 0.717) is 34.6 Å². The third-order valence-electron chi connectivity index (χ3n) is 3.20. The standard InChI is InChI=1S/C15H22Cl2N2O/c1-2-3-11(6-7-18)4-5-15(20)19-14-9-12(16)8-13(17)10-14/h8-11H,2-7,18H2,1H3,(H,19,20). The number of carbonyl (C=O) groups excluding carboxylic acids is 1. The Labute approximate surface area is 130 Å². The van der Waals surface area contributed by atoms with E-state index in [1.54, 1.807) is 18.2 Å². The van der Waals surface area contributed by atoms with E-state index in [1.165, 1.54) is 0 Å². The minimum absolute atomic E-state index is 0.0125. The summed E-state index contributed by atoms with van der Waals surface area (Å²) in [4.78, 5) is 11.9. The Morgan fingerprint density at radius 3 is 2.40 bits per heavy atom. The van der Waals surface area contributed by atoms with Gasteiger partial charge >= 0.3 is 0 Å². The molecule has 3 N–H and O–H groups in total. The van der Waals surface area contributed by atoms with Crippen LogP contribution in [0.15, 0.2) is 18.2 Å². The molecule has 0 fully saturated rings. The maximum Gasteiger partial charge on any atom is 0.224 e. The van der Waals surface area contributed by atoms with Crippen molar-refractivity contribution in [3.05, 3.63) is 28.2 Å². The fourth-order valence-corrected chi connectivity index (χ4v) is 2.79. The van der Waals surface area contributed by atoms with Crippen molar-refractivity contribution in [1.82, 2.24) is 0 Å². The number of amides is 1. The van der Waals surface area contributed by atoms with E-state index in [0.717, 1.165) is 25.7 Å². The number of rotatable bonds is 8. The van der Waals surface area contributed by atoms with Gasteiger partial charge in [-0.05, 0) is 43.5 Å². The third-order valence-corrected chi connectivity index (χ3v) is 3.63. The van der Waals surface area contributed by atoms with Crippen LogP contribution in [0.4, 0.5) is 5.69 Å². The lowest BCUT2D eigenvalue weighted by molar-refractivity contribution is -0.116. The van der Waals surface area contributed by atoms with Gasteiger partial charge in [-0.1, -0.05) is 43.0 Å². The molecule has 0 saturated heterocycles. The zero-order valence-electron chi connectivity index (χ0n) is 11.8. The second-order valence-corrected chi connectivity index (χ2v) is 5.85. The number of benzene rings is 1. The van der Waals surface area contributed by atoms with Crippen molar-refractivity contribution >= 4 is 34.8 Å². The summed E-state index contributed by atoms with van der Waals surface area (Å²) in [6.07, 6.45) is 4.58. The van der Waals surface area contributed by atoms with Crippen LogP contribution in [-0.2, 0) is 4.79 Å². The zero-order valence-corrected chi connectivity index (χ0v) is 13.3. The third kappa shape index (κ3) is 6.60. The molecule has 1 atom stereocenters. The molecule has 0 aliphatic carbocycles. The highest BCUT2D eigenvalue weighted by molar-refractivity contribution is 6.35. The van der Waals surface area contributed by atoms with Crippen LogP contribution in [0, 0.1) is 5.92 Å². The van der Waals surface area contributed by atoms with Gasteiger partial charge in [0.05, 0.1) is 0 Å². The average molecular weight is 317 g/mol. The first-order valence-electron chi connectivity index (χ1n) is 7.01. The van der Waals surface area contributed by atoms with E-state index in [2.05, 4.69) is 12.2 Å². The van der Waals surface area contributed by atoms with Gasteiger partial charge in [0, 0.05) is 22.2 Å². The molecular weight excluding hydrogens is 295 g/mol. The fraction of sp³-hybridized carbons (Fsp3) is 0.533. The highest BCUT2D eigenvalue weighted by atomic mass is 35.5. The summed E-state index contributed by atoms with van der Waals surface area (Å²) in [6, 6.07) is 5.01. The van der Waals surface area contributed by atoms with Crippen LogP contribution >= 0.6 is 23.2 Å². The van der Waals surface area contributed by atoms with Crippen molar-refractivity contribution < 1.29 is 4.79 Å². The van der Waals surface area contributed by atoms with Gasteiger partial charge in [-0.15, -0.1) is 0 Å². The molecule has 0 radical (unpaired) electrons. The molecule has 0 saturated carbocycles. The number of carbonyl (C=O) groups is 1. The lowest BCUT2D eigenvalue weighted by Gasteiger charge is -2.14. The van der Waals surface area contributed by atoms with Gasteiger partial charge in [-0.25, -0.2) is 0 Å². The highest BCUT2D eigenvalue weighted by Crippen LogP contribution is 2.23. The summed E-state index contributed by atoms with van der Waals surface area (Å²) in [5.41, 5.74) is 6.23. The molecule has 1 amide bonds. The van der Waals surface area contributed by atoms with Crippen LogP contribution in [-0.4, -0.2) is 12.5 Å². The van der Waals surface area contributed by atoms with Crippen LogP contribution in [0.5, 0.6) is 0 Å². The van der Waals surface area contributed by atoms with E-state index in [4.69, 9.17) is 28.9 Å². The smallest absolute Gasteiger partial charge is 0.224 e. The predicted molar refractivity (Wildman–Crippen MR) is 86.4 cm³/mol. The Kier molecular flexibility index (Phi) is 7.97. The Morgan fingerprint density at radius 1 is 1.20 bits per heavy atom. The molecule has 1 aromatic carbocycles. The summed E-state index contributed by atoms with van der Waals surface area (Å²) in [6.45, 7) is 2.83. The van der Waals surface area contributed by atoms with Gasteiger partial charge in [0.1, 0.15) is 0 Å². The molecule has 0 aliphatic rings. The van der Waals surface area contributed by atoms with Crippen LogP contribution < -0.4 is 11.1 Å². The largest absolute Gasteiger partial charge is 0.330 e. The van der Waals surface area contributed by atoms with Gasteiger partial charge in [0.15, 0.2) is 0 Å². The first-order chi connectivity index (χ1) is 9.55. The molecule has 20 heavy (non-hydrogen) atoms. The van der Waals surface area contributed by atoms with Crippen molar-refractivity contribution in [2.75, 3.05) is 11.9 Å². The first-order valence-corrected chi connectivity index (χ1v) is 7.76. The van der Waals surface area contributed by atoms with E-state index in [9.17, 15) is 4.79 Å². The Bertz CT molecular complexity index is 412. The quantitative estimate of drug-likeness (QED) is 0.743. The molecule has 0 heterocycles. The van der Waals surface area contributed by atoms with E-state index in [-0.39, 0.29) is 5.91 Å². The number of halogens is 2. The van der Waals surface area contributed by atoms with E-state index < -0.39 is 0 Å². The van der Waals surface area contributed by atoms with E-state index >= 15 is 0 Å². The van der Waals surface area contributed by atoms with Crippen LogP contribution in [0.2, 0.25) is 10.0 Å². The summed E-state index contributed by atoms with van der Waals surface area (Å²) in [5, 5.41) is 3.85. The maximum absolute atomic E-state index is 11.9. The predicted octanol–water partition coefficient (Wildman–Crippen LogP) is 4.48. The van der Waals surface area contributed by atoms with Gasteiger partial charge in [-0.3, -0.25) is 4.79 Å². The van der Waals surface area contributed by atoms with Gasteiger partial charge in [0.25, 0.3) is 0 Å². The van der Waals surface area contributed by atoms with Gasteiger partial charge in [0.2, 0.25) is 5.91 Å². The normalized spacial score (nSPS) is 12.2. The molecule has 0 spiro atoms. The Hall–Kier alpha value is -0.770. The molecule has 112 valence electrons. The molecule has 0 bridgehead atoms. The molecule has 1 rings (SSSR count). The maximum atomic E-state index is 11.9. The topological polar surface area (TPSA) is 55.1 Å². The Balaban J connectivity index is 2.46. The van der Waals surface area contributed by atoms with Crippen molar-refractivity contribution in [3.8, 4) is 0 Å². The van der Waals surface area contributed by atoms with E-state index in [1.807, 2.05) is 0 Å². The molecule has 5 heteroatoms. The van der Waals surface area contributed by atoms with Crippen molar-refractivity contribution in [2.24, 2.45) is 11.7 Å². The first kappa shape index (κ1) is 17.3. The molecule has 1 unspecified atom stereocenters. The van der Waals surface area contributed by atoms with Gasteiger partial charge < -0.3 is 11.1 Å². The summed E-state index contributed by atoms with van der Waals surface area (Å²) < 4.78 is 0. The van der Waals surface area contributed by atoms with Crippen molar-refractivity contribution in [2.45, 2.75) is 39.0 Å². The molecule has 0 aromatic heterocycles. The minimum atomic E-state index is -0.0125. The molecular formula is C15H22Cl2N2O. The molecule has 0 aliphatic heterocycles. The SMILES string of the molecule is CCCC(CCN)CCC(=O)Nc1cc(Cl)cc(Cl)c1. The number of hydrogen-bond donors (Lipinski definition) is 2. The van der Waals surface area contributed by atoms with Gasteiger partial charge in [-0.2, -0.15) is 0 Å². The molecule has 3 nitrogen and oxygen atoms in total. The number of hydrogen-bond acceptors (Lipinski definition) is 2.